The van der Waals surface area contributed by atoms with E-state index in [0.29, 0.717) is 0 Å². The van der Waals surface area contributed by atoms with Crippen LogP contribution in [0.3, 0.4) is 0 Å². The largest absolute Gasteiger partial charge is 0.426 e. The van der Waals surface area contributed by atoms with E-state index < -0.39 is 24.1 Å². The molecule has 1 aromatic rings. The molecule has 25 heavy (non-hydrogen) atoms. The molecule has 132 valence electrons. The normalized spacial score (nSPS) is 16.2. The number of ether oxygens (including phenoxy) is 2. The summed E-state index contributed by atoms with van der Waals surface area (Å²) in [6, 6.07) is 1.69. The van der Waals surface area contributed by atoms with Crippen LogP contribution in [-0.4, -0.2) is 29.1 Å². The van der Waals surface area contributed by atoms with E-state index in [1.807, 2.05) is 0 Å². The highest BCUT2D eigenvalue weighted by molar-refractivity contribution is 6.30. The molecular weight excluding hydrogens is 350 g/mol. The molecule has 0 bridgehead atoms. The van der Waals surface area contributed by atoms with Gasteiger partial charge in [0.25, 0.3) is 5.91 Å². The quantitative estimate of drug-likeness (QED) is 0.587. The van der Waals surface area contributed by atoms with Gasteiger partial charge in [0, 0.05) is 0 Å². The number of hydrogen-bond donors (Lipinski definition) is 0. The third kappa shape index (κ3) is 3.63. The highest BCUT2D eigenvalue weighted by Crippen LogP contribution is 2.36. The average molecular weight is 366 g/mol. The van der Waals surface area contributed by atoms with Crippen molar-refractivity contribution in [1.29, 1.82) is 0 Å². The van der Waals surface area contributed by atoms with Crippen molar-refractivity contribution in [2.45, 2.75) is 26.8 Å². The van der Waals surface area contributed by atoms with E-state index in [1.54, 1.807) is 0 Å². The lowest BCUT2D eigenvalue weighted by Crippen LogP contribution is -2.56. The Balaban J connectivity index is 2.57. The van der Waals surface area contributed by atoms with Crippen LogP contribution in [0.1, 0.15) is 20.8 Å². The zero-order valence-corrected chi connectivity index (χ0v) is 14.7. The Labute approximate surface area is 149 Å². The zero-order chi connectivity index (χ0) is 18.9. The van der Waals surface area contributed by atoms with Crippen molar-refractivity contribution in [3.05, 3.63) is 42.0 Å². The van der Waals surface area contributed by atoms with Gasteiger partial charge in [-0.25, -0.2) is 24.4 Å². The fraction of sp³-hybridized carbons (Fsp3) is 0.250. The van der Waals surface area contributed by atoms with Crippen LogP contribution in [0.25, 0.3) is 0 Å². The first kappa shape index (κ1) is 18.5. The number of fused-ring (bicyclic) bond motifs is 1. The van der Waals surface area contributed by atoms with Crippen LogP contribution in [0, 0.1) is 0 Å². The Morgan fingerprint density at radius 2 is 1.72 bits per heavy atom. The monoisotopic (exact) mass is 365 g/mol. The molecule has 0 unspecified atom stereocenters. The first-order valence-electron chi connectivity index (χ1n) is 7.18. The lowest BCUT2D eigenvalue weighted by molar-refractivity contribution is -0.119. The lowest BCUT2D eigenvalue weighted by atomic mass is 10.1. The van der Waals surface area contributed by atoms with Crippen LogP contribution in [0.4, 0.5) is 21.1 Å². The molecule has 3 amide bonds. The first-order chi connectivity index (χ1) is 11.6. The molecule has 0 fully saturated rings. The molecule has 0 N–H and O–H groups in total. The molecule has 2 heterocycles. The molecule has 8 nitrogen and oxygen atoms in total. The van der Waals surface area contributed by atoms with Gasteiger partial charge in [0.2, 0.25) is 0 Å². The molecular formula is C16H16ClN3O5. The fourth-order valence-electron chi connectivity index (χ4n) is 2.19. The molecule has 0 saturated heterocycles. The topological polar surface area (TPSA) is 89.0 Å². The maximum Gasteiger partial charge on any atom is 0.426 e. The number of halogens is 1. The molecule has 9 heteroatoms. The van der Waals surface area contributed by atoms with Gasteiger partial charge in [-0.3, -0.25) is 4.79 Å². The summed E-state index contributed by atoms with van der Waals surface area (Å²) in [5.74, 6) is -0.457. The summed E-state index contributed by atoms with van der Waals surface area (Å²) in [6.07, 6.45) is -1.82. The van der Waals surface area contributed by atoms with Gasteiger partial charge in [0.05, 0.1) is 17.2 Å². The second-order valence-corrected chi connectivity index (χ2v) is 5.72. The lowest BCUT2D eigenvalue weighted by Gasteiger charge is -2.37. The number of carbonyl (C=O) groups is 3. The van der Waals surface area contributed by atoms with Gasteiger partial charge >= 0.3 is 12.2 Å². The summed E-state index contributed by atoms with van der Waals surface area (Å²) < 4.78 is 9.89. The number of amides is 3. The van der Waals surface area contributed by atoms with Gasteiger partial charge in [0.1, 0.15) is 11.2 Å². The predicted octanol–water partition coefficient (Wildman–Crippen LogP) is 3.62. The molecule has 1 aliphatic rings. The molecule has 0 aliphatic carbocycles. The second-order valence-electron chi connectivity index (χ2n) is 5.34. The Kier molecular flexibility index (Phi) is 5.13. The molecule has 0 aromatic carbocycles. The summed E-state index contributed by atoms with van der Waals surface area (Å²) in [5, 5.41) is 0.0710. The Bertz CT molecular complexity index is 792. The number of rotatable bonds is 2. The summed E-state index contributed by atoms with van der Waals surface area (Å²) in [7, 11) is 0. The first-order valence-corrected chi connectivity index (χ1v) is 7.55. The Morgan fingerprint density at radius 1 is 1.16 bits per heavy atom. The molecule has 0 saturated carbocycles. The molecule has 2 rings (SSSR count). The van der Waals surface area contributed by atoms with E-state index in [-0.39, 0.29) is 28.2 Å². The van der Waals surface area contributed by atoms with Gasteiger partial charge in [-0.15, -0.1) is 0 Å². The highest BCUT2D eigenvalue weighted by atomic mass is 35.5. The van der Waals surface area contributed by atoms with Gasteiger partial charge in [-0.05, 0) is 32.9 Å². The SMILES string of the molecule is C=C(C)OC(=O)N1C(=O)[C@H](C)N(C(=O)OC(=C)C)c2nc(Cl)ccc21. The highest BCUT2D eigenvalue weighted by Gasteiger charge is 2.44. The van der Waals surface area contributed by atoms with Crippen molar-refractivity contribution < 1.29 is 23.9 Å². The fourth-order valence-corrected chi connectivity index (χ4v) is 2.34. The number of aromatic nitrogens is 1. The zero-order valence-electron chi connectivity index (χ0n) is 13.9. The van der Waals surface area contributed by atoms with Crippen molar-refractivity contribution in [1.82, 2.24) is 4.98 Å². The van der Waals surface area contributed by atoms with Crippen molar-refractivity contribution in [3.63, 3.8) is 0 Å². The van der Waals surface area contributed by atoms with Crippen LogP contribution in [0.5, 0.6) is 0 Å². The molecule has 0 radical (unpaired) electrons. The maximum absolute atomic E-state index is 12.7. The Morgan fingerprint density at radius 3 is 2.28 bits per heavy atom. The van der Waals surface area contributed by atoms with Crippen molar-refractivity contribution in [3.8, 4) is 0 Å². The minimum atomic E-state index is -1.08. The number of hydrogen-bond acceptors (Lipinski definition) is 6. The maximum atomic E-state index is 12.7. The van der Waals surface area contributed by atoms with E-state index >= 15 is 0 Å². The summed E-state index contributed by atoms with van der Waals surface area (Å²) >= 11 is 5.91. The van der Waals surface area contributed by atoms with E-state index in [2.05, 4.69) is 18.1 Å². The van der Waals surface area contributed by atoms with E-state index in [4.69, 9.17) is 21.1 Å². The van der Waals surface area contributed by atoms with Gasteiger partial charge in [0.15, 0.2) is 5.82 Å². The number of anilines is 2. The number of carbonyl (C=O) groups excluding carboxylic acids is 3. The number of nitrogens with zero attached hydrogens (tertiary/aromatic N) is 3. The molecule has 0 spiro atoms. The smallest absolute Gasteiger partial charge is 0.415 e. The van der Waals surface area contributed by atoms with Gasteiger partial charge in [-0.1, -0.05) is 24.8 Å². The summed E-state index contributed by atoms with van der Waals surface area (Å²) in [4.78, 5) is 43.1. The summed E-state index contributed by atoms with van der Waals surface area (Å²) in [5.41, 5.74) is 0.0393. The number of allylic oxidation sites excluding steroid dienone is 2. The van der Waals surface area contributed by atoms with Gasteiger partial charge in [-0.2, -0.15) is 0 Å². The third-order valence-corrected chi connectivity index (χ3v) is 3.37. The van der Waals surface area contributed by atoms with Gasteiger partial charge < -0.3 is 9.47 Å². The molecule has 1 aliphatic heterocycles. The minimum absolute atomic E-state index is 0.00971. The van der Waals surface area contributed by atoms with Crippen LogP contribution < -0.4 is 9.80 Å². The average Bonchev–Trinajstić information content (AvgIpc) is 2.47. The number of pyridine rings is 1. The van der Waals surface area contributed by atoms with E-state index in [9.17, 15) is 14.4 Å². The molecule has 1 atom stereocenters. The summed E-state index contributed by atoms with van der Waals surface area (Å²) in [6.45, 7) is 11.3. The van der Waals surface area contributed by atoms with Crippen LogP contribution in [-0.2, 0) is 14.3 Å². The van der Waals surface area contributed by atoms with Crippen molar-refractivity contribution >= 4 is 41.2 Å². The number of imide groups is 1. The van der Waals surface area contributed by atoms with Crippen LogP contribution in [0.2, 0.25) is 5.15 Å². The van der Waals surface area contributed by atoms with Crippen LogP contribution in [0.15, 0.2) is 36.8 Å². The van der Waals surface area contributed by atoms with Crippen molar-refractivity contribution in [2.24, 2.45) is 0 Å². The second kappa shape index (κ2) is 6.94. The van der Waals surface area contributed by atoms with Crippen molar-refractivity contribution in [2.75, 3.05) is 9.80 Å². The Hall–Kier alpha value is -2.87. The third-order valence-electron chi connectivity index (χ3n) is 3.16. The standard InChI is InChI=1S/C16H16ClN3O5/c1-8(2)24-15(22)19-10(5)14(21)20(16(23)25-9(3)4)11-6-7-12(17)18-13(11)19/h6-7,10H,1,3H2,2,4-5H3/t10-/m0/s1. The minimum Gasteiger partial charge on any atom is -0.415 e. The molecule has 1 aromatic heterocycles. The van der Waals surface area contributed by atoms with E-state index in [1.165, 1.54) is 32.9 Å². The van der Waals surface area contributed by atoms with Crippen LogP contribution >= 0.6 is 11.6 Å². The van der Waals surface area contributed by atoms with E-state index in [0.717, 1.165) is 9.80 Å². The predicted molar refractivity (Wildman–Crippen MR) is 91.3 cm³/mol.